The van der Waals surface area contributed by atoms with Gasteiger partial charge in [0.1, 0.15) is 0 Å². The van der Waals surface area contributed by atoms with Gasteiger partial charge >= 0.3 is 0 Å². The van der Waals surface area contributed by atoms with E-state index in [1.807, 2.05) is 0 Å². The quantitative estimate of drug-likeness (QED) is 0.549. The predicted molar refractivity (Wildman–Crippen MR) is 68.1 cm³/mol. The lowest BCUT2D eigenvalue weighted by molar-refractivity contribution is 0.0614. The maximum atomic E-state index is 2.67. The van der Waals surface area contributed by atoms with Gasteiger partial charge in [-0.2, -0.15) is 0 Å². The largest absolute Gasteiger partial charge is 0.289 e. The smallest absolute Gasteiger partial charge is 0.0439 e. The van der Waals surface area contributed by atoms with Gasteiger partial charge in [-0.3, -0.25) is 4.90 Å². The van der Waals surface area contributed by atoms with Gasteiger partial charge in [-0.25, -0.2) is 0 Å². The lowest BCUT2D eigenvalue weighted by atomic mass is 9.65. The standard InChI is InChI=1S/C14H29N/c1-11(2,3)14(12(4,5)6)10-15(14)13(7,8)9/h10H2,1-9H3. The summed E-state index contributed by atoms with van der Waals surface area (Å²) in [5, 5.41) is 0. The van der Waals surface area contributed by atoms with Crippen molar-refractivity contribution in [3.8, 4) is 0 Å². The average molecular weight is 211 g/mol. The molecule has 0 saturated carbocycles. The summed E-state index contributed by atoms with van der Waals surface area (Å²) in [6.45, 7) is 22.5. The van der Waals surface area contributed by atoms with Gasteiger partial charge in [0.05, 0.1) is 0 Å². The van der Waals surface area contributed by atoms with Crippen LogP contribution in [0.2, 0.25) is 0 Å². The Labute approximate surface area is 96.2 Å². The van der Waals surface area contributed by atoms with E-state index in [1.165, 1.54) is 6.54 Å². The van der Waals surface area contributed by atoms with Crippen LogP contribution in [0.3, 0.4) is 0 Å². The molecule has 90 valence electrons. The molecule has 0 spiro atoms. The van der Waals surface area contributed by atoms with E-state index < -0.39 is 0 Å². The average Bonchev–Trinajstić information content (AvgIpc) is 2.51. The van der Waals surface area contributed by atoms with E-state index in [4.69, 9.17) is 0 Å². The van der Waals surface area contributed by atoms with E-state index in [9.17, 15) is 0 Å². The van der Waals surface area contributed by atoms with Gasteiger partial charge in [0.2, 0.25) is 0 Å². The van der Waals surface area contributed by atoms with Gasteiger partial charge in [-0.15, -0.1) is 0 Å². The minimum Gasteiger partial charge on any atom is -0.289 e. The highest BCUT2D eigenvalue weighted by atomic mass is 15.4. The molecule has 0 aliphatic carbocycles. The maximum Gasteiger partial charge on any atom is 0.0439 e. The maximum absolute atomic E-state index is 2.67. The lowest BCUT2D eigenvalue weighted by Crippen LogP contribution is -2.49. The van der Waals surface area contributed by atoms with Crippen molar-refractivity contribution in [3.05, 3.63) is 0 Å². The van der Waals surface area contributed by atoms with Gasteiger partial charge in [0.25, 0.3) is 0 Å². The first kappa shape index (κ1) is 13.0. The zero-order valence-electron chi connectivity index (χ0n) is 12.2. The Morgan fingerprint density at radius 1 is 0.733 bits per heavy atom. The van der Waals surface area contributed by atoms with E-state index in [1.54, 1.807) is 0 Å². The molecular formula is C14H29N. The minimum atomic E-state index is 0.292. The van der Waals surface area contributed by atoms with E-state index in [0.717, 1.165) is 0 Å². The third kappa shape index (κ3) is 1.84. The summed E-state index contributed by atoms with van der Waals surface area (Å²) in [5.74, 6) is 0. The van der Waals surface area contributed by atoms with Gasteiger partial charge in [-0.1, -0.05) is 41.5 Å². The summed E-state index contributed by atoms with van der Waals surface area (Å²) < 4.78 is 0. The second kappa shape index (κ2) is 3.00. The van der Waals surface area contributed by atoms with Crippen LogP contribution in [0.5, 0.6) is 0 Å². The molecule has 0 aromatic heterocycles. The van der Waals surface area contributed by atoms with Crippen molar-refractivity contribution in [1.82, 2.24) is 4.90 Å². The zero-order chi connectivity index (χ0) is 12.3. The number of hydrogen-bond donors (Lipinski definition) is 0. The van der Waals surface area contributed by atoms with Crippen molar-refractivity contribution in [2.24, 2.45) is 10.8 Å². The Bertz CT molecular complexity index is 230. The molecule has 0 N–H and O–H groups in total. The number of rotatable bonds is 0. The molecule has 0 bridgehead atoms. The first-order valence-corrected chi connectivity index (χ1v) is 6.12. The molecule has 1 rings (SSSR count). The van der Waals surface area contributed by atoms with Crippen molar-refractivity contribution in [2.75, 3.05) is 6.54 Å². The Balaban J connectivity index is 3.08. The molecule has 15 heavy (non-hydrogen) atoms. The molecule has 0 aromatic rings. The van der Waals surface area contributed by atoms with Crippen LogP contribution < -0.4 is 0 Å². The summed E-state index contributed by atoms with van der Waals surface area (Å²) in [5.41, 5.74) is 1.34. The minimum absolute atomic E-state index is 0.292. The molecule has 1 heteroatoms. The Kier molecular flexibility index (Phi) is 2.60. The molecule has 0 radical (unpaired) electrons. The van der Waals surface area contributed by atoms with Crippen LogP contribution in [0.4, 0.5) is 0 Å². The molecular weight excluding hydrogens is 182 g/mol. The third-order valence-corrected chi connectivity index (χ3v) is 4.04. The van der Waals surface area contributed by atoms with Crippen molar-refractivity contribution in [1.29, 1.82) is 0 Å². The summed E-state index contributed by atoms with van der Waals surface area (Å²) >= 11 is 0. The molecule has 1 atom stereocenters. The highest BCUT2D eigenvalue weighted by Crippen LogP contribution is 2.60. The van der Waals surface area contributed by atoms with E-state index in [0.29, 0.717) is 21.9 Å². The normalized spacial score (nSPS) is 26.6. The van der Waals surface area contributed by atoms with Crippen molar-refractivity contribution >= 4 is 0 Å². The summed E-state index contributed by atoms with van der Waals surface area (Å²) in [6.07, 6.45) is 0. The molecule has 1 fully saturated rings. The van der Waals surface area contributed by atoms with Crippen LogP contribution in [0.15, 0.2) is 0 Å². The molecule has 1 saturated heterocycles. The highest BCUT2D eigenvalue weighted by molar-refractivity contribution is 5.22. The molecule has 0 aromatic carbocycles. The predicted octanol–water partition coefficient (Wildman–Crippen LogP) is 3.93. The second-order valence-electron chi connectivity index (χ2n) is 8.12. The molecule has 1 unspecified atom stereocenters. The fourth-order valence-electron chi connectivity index (χ4n) is 3.41. The first-order valence-electron chi connectivity index (χ1n) is 6.12. The van der Waals surface area contributed by atoms with Crippen LogP contribution in [-0.2, 0) is 0 Å². The van der Waals surface area contributed by atoms with Crippen LogP contribution >= 0.6 is 0 Å². The van der Waals surface area contributed by atoms with Gasteiger partial charge in [0, 0.05) is 17.6 Å². The van der Waals surface area contributed by atoms with Crippen molar-refractivity contribution < 1.29 is 0 Å². The second-order valence-corrected chi connectivity index (χ2v) is 8.12. The van der Waals surface area contributed by atoms with Crippen LogP contribution in [0.25, 0.3) is 0 Å². The van der Waals surface area contributed by atoms with Crippen LogP contribution in [-0.4, -0.2) is 22.5 Å². The third-order valence-electron chi connectivity index (χ3n) is 4.04. The molecule has 1 nitrogen and oxygen atoms in total. The van der Waals surface area contributed by atoms with Gasteiger partial charge < -0.3 is 0 Å². The zero-order valence-corrected chi connectivity index (χ0v) is 12.2. The molecule has 1 aliphatic heterocycles. The van der Waals surface area contributed by atoms with Crippen LogP contribution in [0.1, 0.15) is 62.3 Å². The molecule has 1 heterocycles. The Morgan fingerprint density at radius 3 is 1.13 bits per heavy atom. The summed E-state index contributed by atoms with van der Waals surface area (Å²) in [4.78, 5) is 2.67. The lowest BCUT2D eigenvalue weighted by Gasteiger charge is -2.45. The van der Waals surface area contributed by atoms with Crippen LogP contribution in [0, 0.1) is 10.8 Å². The Hall–Kier alpha value is -0.0400. The fourth-order valence-corrected chi connectivity index (χ4v) is 3.41. The van der Waals surface area contributed by atoms with E-state index in [-0.39, 0.29) is 0 Å². The highest BCUT2D eigenvalue weighted by Gasteiger charge is 2.67. The number of nitrogens with zero attached hydrogens (tertiary/aromatic N) is 1. The summed E-state index contributed by atoms with van der Waals surface area (Å²) in [7, 11) is 0. The van der Waals surface area contributed by atoms with E-state index >= 15 is 0 Å². The number of hydrogen-bond acceptors (Lipinski definition) is 1. The van der Waals surface area contributed by atoms with E-state index in [2.05, 4.69) is 67.2 Å². The summed E-state index contributed by atoms with van der Waals surface area (Å²) in [6, 6.07) is 0. The molecule has 1 aliphatic rings. The van der Waals surface area contributed by atoms with Gasteiger partial charge in [0.15, 0.2) is 0 Å². The van der Waals surface area contributed by atoms with Gasteiger partial charge in [-0.05, 0) is 31.6 Å². The monoisotopic (exact) mass is 211 g/mol. The SMILES string of the molecule is CC(C)(C)N1CC1(C(C)(C)C)C(C)(C)C. The topological polar surface area (TPSA) is 3.01 Å². The molecule has 0 amide bonds. The Morgan fingerprint density at radius 2 is 1.07 bits per heavy atom. The van der Waals surface area contributed by atoms with Crippen molar-refractivity contribution in [3.63, 3.8) is 0 Å². The van der Waals surface area contributed by atoms with Crippen molar-refractivity contribution in [2.45, 2.75) is 73.4 Å². The fraction of sp³-hybridized carbons (Fsp3) is 1.00. The first-order chi connectivity index (χ1) is 6.34.